The van der Waals surface area contributed by atoms with Crippen molar-refractivity contribution in [1.82, 2.24) is 9.97 Å². The maximum absolute atomic E-state index is 12.8. The molecule has 0 amide bonds. The lowest BCUT2D eigenvalue weighted by Crippen LogP contribution is -2.35. The number of nitrogens with one attached hydrogen (secondary N) is 3. The molecule has 0 fully saturated rings. The number of aromatic nitrogens is 2. The molecule has 1 aliphatic rings. The second-order valence-electron chi connectivity index (χ2n) is 7.00. The Morgan fingerprint density at radius 1 is 1.21 bits per heavy atom. The Kier molecular flexibility index (Phi) is 5.35. The number of hydrogen-bond acceptors (Lipinski definition) is 5. The number of anilines is 1. The van der Waals surface area contributed by atoms with Gasteiger partial charge in [-0.25, -0.2) is 9.59 Å². The first-order chi connectivity index (χ1) is 13.3. The van der Waals surface area contributed by atoms with Gasteiger partial charge in [-0.3, -0.25) is 14.8 Å². The van der Waals surface area contributed by atoms with Gasteiger partial charge in [0, 0.05) is 5.70 Å². The predicted octanol–water partition coefficient (Wildman–Crippen LogP) is 2.75. The van der Waals surface area contributed by atoms with E-state index in [1.165, 1.54) is 6.08 Å². The summed E-state index contributed by atoms with van der Waals surface area (Å²) in [7, 11) is 0. The summed E-state index contributed by atoms with van der Waals surface area (Å²) in [6, 6.07) is 7.74. The molecule has 0 saturated carbocycles. The maximum atomic E-state index is 12.8. The number of ether oxygens (including phenoxy) is 1. The number of fused-ring (bicyclic) bond motifs is 1. The van der Waals surface area contributed by atoms with Crippen LogP contribution >= 0.6 is 0 Å². The highest BCUT2D eigenvalue weighted by atomic mass is 16.5. The van der Waals surface area contributed by atoms with Gasteiger partial charge < -0.3 is 10.1 Å². The lowest BCUT2D eigenvalue weighted by Gasteiger charge is -2.28. The molecule has 0 unspecified atom stereocenters. The zero-order chi connectivity index (χ0) is 20.4. The Labute approximate surface area is 162 Å². The third-order valence-electron chi connectivity index (χ3n) is 4.76. The van der Waals surface area contributed by atoms with Gasteiger partial charge in [-0.15, -0.1) is 0 Å². The van der Waals surface area contributed by atoms with Gasteiger partial charge in [-0.1, -0.05) is 50.8 Å². The summed E-state index contributed by atoms with van der Waals surface area (Å²) in [6.07, 6.45) is 1.48. The first-order valence-corrected chi connectivity index (χ1v) is 9.05. The molecule has 1 aliphatic heterocycles. The Morgan fingerprint density at radius 3 is 2.50 bits per heavy atom. The molecule has 2 heterocycles. The van der Waals surface area contributed by atoms with Crippen molar-refractivity contribution in [3.63, 3.8) is 0 Å². The van der Waals surface area contributed by atoms with Crippen molar-refractivity contribution in [1.29, 1.82) is 0 Å². The van der Waals surface area contributed by atoms with Crippen molar-refractivity contribution in [2.45, 2.75) is 32.6 Å². The fourth-order valence-electron chi connectivity index (χ4n) is 3.38. The monoisotopic (exact) mass is 381 g/mol. The maximum Gasteiger partial charge on any atom is 0.337 e. The summed E-state index contributed by atoms with van der Waals surface area (Å²) >= 11 is 0. The number of hydrogen-bond donors (Lipinski definition) is 3. The third kappa shape index (κ3) is 3.55. The normalized spacial score (nSPS) is 15.8. The van der Waals surface area contributed by atoms with E-state index in [2.05, 4.69) is 35.7 Å². The minimum absolute atomic E-state index is 0.0590. The van der Waals surface area contributed by atoms with Crippen molar-refractivity contribution < 1.29 is 9.53 Å². The van der Waals surface area contributed by atoms with Crippen LogP contribution in [0.3, 0.4) is 0 Å². The van der Waals surface area contributed by atoms with Crippen molar-refractivity contribution >= 4 is 11.8 Å². The zero-order valence-corrected chi connectivity index (χ0v) is 16.1. The molecule has 0 spiro atoms. The van der Waals surface area contributed by atoms with E-state index >= 15 is 0 Å². The molecular formula is C21H23N3O4. The van der Waals surface area contributed by atoms with Gasteiger partial charge in [0.1, 0.15) is 12.4 Å². The van der Waals surface area contributed by atoms with E-state index in [-0.39, 0.29) is 18.0 Å². The fourth-order valence-corrected chi connectivity index (χ4v) is 3.38. The van der Waals surface area contributed by atoms with Crippen LogP contribution in [0.25, 0.3) is 0 Å². The van der Waals surface area contributed by atoms with Crippen molar-refractivity contribution in [3.8, 4) is 0 Å². The summed E-state index contributed by atoms with van der Waals surface area (Å²) in [6.45, 7) is 9.51. The van der Waals surface area contributed by atoms with Crippen LogP contribution in [-0.2, 0) is 9.53 Å². The molecule has 1 aromatic heterocycles. The first-order valence-electron chi connectivity index (χ1n) is 9.05. The molecule has 0 aliphatic carbocycles. The minimum atomic E-state index is -0.671. The van der Waals surface area contributed by atoms with Gasteiger partial charge >= 0.3 is 11.7 Å². The van der Waals surface area contributed by atoms with Crippen molar-refractivity contribution in [2.24, 2.45) is 0 Å². The number of carbonyl (C=O) groups is 1. The van der Waals surface area contributed by atoms with Crippen LogP contribution in [0.5, 0.6) is 0 Å². The standard InChI is InChI=1S/C21H23N3O4/c1-5-10-28-20(26)15-12(4)22-18-17(19(25)24-21(27)23-18)16(15)14-8-6-13(7-9-14)11(2)3/h5-9,11,16H,1,10H2,2-4H3,(H3,22,23,24,25,27)/t16-/m1/s1. The van der Waals surface area contributed by atoms with Crippen LogP contribution in [0.15, 0.2) is 57.8 Å². The van der Waals surface area contributed by atoms with Crippen LogP contribution in [0, 0.1) is 0 Å². The Bertz CT molecular complexity index is 1060. The van der Waals surface area contributed by atoms with Gasteiger partial charge in [-0.2, -0.15) is 0 Å². The van der Waals surface area contributed by atoms with Crippen LogP contribution in [-0.4, -0.2) is 22.5 Å². The van der Waals surface area contributed by atoms with Gasteiger partial charge in [-0.05, 0) is 24.0 Å². The molecule has 3 N–H and O–H groups in total. The van der Waals surface area contributed by atoms with E-state index in [9.17, 15) is 14.4 Å². The molecular weight excluding hydrogens is 358 g/mol. The Morgan fingerprint density at radius 2 is 1.89 bits per heavy atom. The summed E-state index contributed by atoms with van der Waals surface area (Å²) < 4.78 is 5.25. The number of esters is 1. The molecule has 1 aromatic carbocycles. The van der Waals surface area contributed by atoms with Crippen LogP contribution < -0.4 is 16.6 Å². The average molecular weight is 381 g/mol. The van der Waals surface area contributed by atoms with Crippen LogP contribution in [0.2, 0.25) is 0 Å². The Balaban J connectivity index is 2.20. The number of H-pyrrole nitrogens is 2. The lowest BCUT2D eigenvalue weighted by atomic mass is 9.81. The topological polar surface area (TPSA) is 104 Å². The summed E-state index contributed by atoms with van der Waals surface area (Å²) in [4.78, 5) is 42.0. The molecule has 1 atom stereocenters. The molecule has 2 aromatic rings. The summed E-state index contributed by atoms with van der Waals surface area (Å²) in [5, 5.41) is 2.96. The first kappa shape index (κ1) is 19.4. The molecule has 3 rings (SSSR count). The lowest BCUT2D eigenvalue weighted by molar-refractivity contribution is -0.138. The van der Waals surface area contributed by atoms with E-state index in [0.29, 0.717) is 17.2 Å². The van der Waals surface area contributed by atoms with Crippen LogP contribution in [0.4, 0.5) is 5.82 Å². The largest absolute Gasteiger partial charge is 0.458 e. The molecule has 7 heteroatoms. The molecule has 0 saturated heterocycles. The van der Waals surface area contributed by atoms with Gasteiger partial charge in [0.05, 0.1) is 17.1 Å². The van der Waals surface area contributed by atoms with Gasteiger partial charge in [0.2, 0.25) is 0 Å². The van der Waals surface area contributed by atoms with Gasteiger partial charge in [0.25, 0.3) is 5.56 Å². The fraction of sp³-hybridized carbons (Fsp3) is 0.286. The smallest absolute Gasteiger partial charge is 0.337 e. The summed E-state index contributed by atoms with van der Waals surface area (Å²) in [5.41, 5.74) is 1.85. The molecule has 146 valence electrons. The number of carbonyl (C=O) groups excluding carboxylic acids is 1. The Hall–Kier alpha value is -3.35. The van der Waals surface area contributed by atoms with E-state index in [1.54, 1.807) is 6.92 Å². The zero-order valence-electron chi connectivity index (χ0n) is 16.1. The number of allylic oxidation sites excluding steroid dienone is 1. The van der Waals surface area contributed by atoms with Crippen molar-refractivity contribution in [2.75, 3.05) is 11.9 Å². The van der Waals surface area contributed by atoms with E-state index in [4.69, 9.17) is 4.74 Å². The SMILES string of the molecule is C=CCOC(=O)C1=C(C)Nc2[nH]c(=O)[nH]c(=O)c2[C@@H]1c1ccc(C(C)C)cc1. The number of benzene rings is 1. The molecule has 28 heavy (non-hydrogen) atoms. The van der Waals surface area contributed by atoms with E-state index in [1.807, 2.05) is 24.3 Å². The highest BCUT2D eigenvalue weighted by Crippen LogP contribution is 2.39. The number of aromatic amines is 2. The quantitative estimate of drug-likeness (QED) is 0.546. The van der Waals surface area contributed by atoms with E-state index in [0.717, 1.165) is 11.1 Å². The second kappa shape index (κ2) is 7.72. The van der Waals surface area contributed by atoms with Gasteiger partial charge in [0.15, 0.2) is 0 Å². The summed E-state index contributed by atoms with van der Waals surface area (Å²) in [5.74, 6) is -0.581. The second-order valence-corrected chi connectivity index (χ2v) is 7.00. The molecule has 7 nitrogen and oxygen atoms in total. The van der Waals surface area contributed by atoms with Crippen molar-refractivity contribution in [3.05, 3.63) is 85.7 Å². The van der Waals surface area contributed by atoms with Crippen LogP contribution in [0.1, 0.15) is 49.3 Å². The highest BCUT2D eigenvalue weighted by molar-refractivity contribution is 5.94. The highest BCUT2D eigenvalue weighted by Gasteiger charge is 2.35. The average Bonchev–Trinajstić information content (AvgIpc) is 2.64. The van der Waals surface area contributed by atoms with E-state index < -0.39 is 23.1 Å². The molecule has 0 bridgehead atoms. The third-order valence-corrected chi connectivity index (χ3v) is 4.76. The molecule has 0 radical (unpaired) electrons. The minimum Gasteiger partial charge on any atom is -0.458 e. The predicted molar refractivity (Wildman–Crippen MR) is 108 cm³/mol. The number of rotatable bonds is 5.